The number of hydrogen-bond donors (Lipinski definition) is 1. The quantitative estimate of drug-likeness (QED) is 0.710. The lowest BCUT2D eigenvalue weighted by molar-refractivity contribution is -0.132. The molecule has 0 saturated carbocycles. The van der Waals surface area contributed by atoms with Crippen LogP contribution < -0.4 is 5.73 Å². The molecule has 1 heterocycles. The Kier molecular flexibility index (Phi) is 3.72. The van der Waals surface area contributed by atoms with E-state index in [-0.39, 0.29) is 11.9 Å². The van der Waals surface area contributed by atoms with Gasteiger partial charge >= 0.3 is 0 Å². The predicted octanol–water partition coefficient (Wildman–Crippen LogP) is 0.982. The van der Waals surface area contributed by atoms with Gasteiger partial charge in [0, 0.05) is 13.1 Å². The normalized spacial score (nSPS) is 21.6. The van der Waals surface area contributed by atoms with Crippen LogP contribution in [0.25, 0.3) is 0 Å². The van der Waals surface area contributed by atoms with E-state index in [1.54, 1.807) is 0 Å². The number of hydrogen-bond acceptors (Lipinski definition) is 2. The lowest BCUT2D eigenvalue weighted by atomic mass is 9.99. The summed E-state index contributed by atoms with van der Waals surface area (Å²) in [5, 5.41) is 0. The van der Waals surface area contributed by atoms with Gasteiger partial charge in [0.1, 0.15) is 0 Å². The number of carbonyl (C=O) groups excluding carboxylic acids is 1. The molecule has 0 bridgehead atoms. The molecule has 76 valence electrons. The van der Waals surface area contributed by atoms with Crippen LogP contribution in [0.3, 0.4) is 0 Å². The summed E-state index contributed by atoms with van der Waals surface area (Å²) in [5.74, 6) is 0.444. The highest BCUT2D eigenvalue weighted by molar-refractivity contribution is 5.82. The van der Waals surface area contributed by atoms with Crippen molar-refractivity contribution in [3.63, 3.8) is 0 Å². The van der Waals surface area contributed by atoms with E-state index >= 15 is 0 Å². The van der Waals surface area contributed by atoms with Crippen LogP contribution in [0.2, 0.25) is 0 Å². The number of nitrogens with two attached hydrogens (primary N) is 1. The predicted molar refractivity (Wildman–Crippen MR) is 53.2 cm³/mol. The van der Waals surface area contributed by atoms with Gasteiger partial charge in [-0.25, -0.2) is 0 Å². The van der Waals surface area contributed by atoms with Gasteiger partial charge in [0.25, 0.3) is 0 Å². The van der Waals surface area contributed by atoms with E-state index in [4.69, 9.17) is 5.73 Å². The maximum Gasteiger partial charge on any atom is 0.239 e. The van der Waals surface area contributed by atoms with Crippen molar-refractivity contribution in [1.29, 1.82) is 0 Å². The van der Waals surface area contributed by atoms with Crippen LogP contribution in [-0.2, 0) is 4.79 Å². The fourth-order valence-corrected chi connectivity index (χ4v) is 1.65. The molecule has 0 radical (unpaired) electrons. The van der Waals surface area contributed by atoms with Crippen molar-refractivity contribution in [3.05, 3.63) is 0 Å². The topological polar surface area (TPSA) is 46.3 Å². The number of rotatable bonds is 3. The van der Waals surface area contributed by atoms with E-state index in [0.717, 1.165) is 32.4 Å². The van der Waals surface area contributed by atoms with Gasteiger partial charge in [-0.1, -0.05) is 20.3 Å². The molecule has 0 aromatic heterocycles. The first kappa shape index (κ1) is 10.5. The lowest BCUT2D eigenvalue weighted by Crippen LogP contribution is -2.45. The first-order chi connectivity index (χ1) is 6.16. The largest absolute Gasteiger partial charge is 0.341 e. The molecule has 2 N–H and O–H groups in total. The van der Waals surface area contributed by atoms with Crippen LogP contribution in [0.1, 0.15) is 33.1 Å². The van der Waals surface area contributed by atoms with E-state index in [1.165, 1.54) is 0 Å². The molecular formula is C10H20N2O. The SMILES string of the molecule is CC[C@H](C)[C@@H](N)C(=O)N1CCCC1. The summed E-state index contributed by atoms with van der Waals surface area (Å²) < 4.78 is 0. The summed E-state index contributed by atoms with van der Waals surface area (Å²) in [7, 11) is 0. The monoisotopic (exact) mass is 184 g/mol. The van der Waals surface area contributed by atoms with Gasteiger partial charge in [-0.2, -0.15) is 0 Å². The van der Waals surface area contributed by atoms with Gasteiger partial charge in [-0.15, -0.1) is 0 Å². The summed E-state index contributed by atoms with van der Waals surface area (Å²) in [4.78, 5) is 13.6. The third kappa shape index (κ3) is 2.44. The Morgan fingerprint density at radius 3 is 2.46 bits per heavy atom. The second-order valence-corrected chi connectivity index (χ2v) is 3.94. The molecule has 13 heavy (non-hydrogen) atoms. The molecule has 0 aliphatic carbocycles. The van der Waals surface area contributed by atoms with Crippen LogP contribution in [0.5, 0.6) is 0 Å². The lowest BCUT2D eigenvalue weighted by Gasteiger charge is -2.23. The fraction of sp³-hybridized carbons (Fsp3) is 0.900. The number of carbonyl (C=O) groups is 1. The average molecular weight is 184 g/mol. The van der Waals surface area contributed by atoms with E-state index in [9.17, 15) is 4.79 Å². The van der Waals surface area contributed by atoms with Crippen molar-refractivity contribution in [2.45, 2.75) is 39.2 Å². The van der Waals surface area contributed by atoms with Crippen LogP contribution >= 0.6 is 0 Å². The summed E-state index contributed by atoms with van der Waals surface area (Å²) in [5.41, 5.74) is 5.86. The third-order valence-electron chi connectivity index (χ3n) is 2.96. The molecule has 2 atom stereocenters. The summed E-state index contributed by atoms with van der Waals surface area (Å²) in [6.45, 7) is 5.92. The molecule has 1 rings (SSSR count). The zero-order valence-corrected chi connectivity index (χ0v) is 8.62. The van der Waals surface area contributed by atoms with Gasteiger partial charge in [-0.05, 0) is 18.8 Å². The first-order valence-electron chi connectivity index (χ1n) is 5.21. The molecule has 3 nitrogen and oxygen atoms in total. The molecule has 0 spiro atoms. The Hall–Kier alpha value is -0.570. The van der Waals surface area contributed by atoms with Crippen molar-refractivity contribution in [1.82, 2.24) is 4.90 Å². The highest BCUT2D eigenvalue weighted by Crippen LogP contribution is 2.13. The second-order valence-electron chi connectivity index (χ2n) is 3.94. The van der Waals surface area contributed by atoms with Crippen molar-refractivity contribution >= 4 is 5.91 Å². The maximum atomic E-state index is 11.7. The molecule has 1 aliphatic rings. The van der Waals surface area contributed by atoms with Crippen molar-refractivity contribution in [2.24, 2.45) is 11.7 Å². The number of likely N-dealkylation sites (tertiary alicyclic amines) is 1. The van der Waals surface area contributed by atoms with Gasteiger partial charge in [0.2, 0.25) is 5.91 Å². The molecule has 0 aromatic rings. The smallest absolute Gasteiger partial charge is 0.239 e. The first-order valence-corrected chi connectivity index (χ1v) is 5.21. The van der Waals surface area contributed by atoms with Gasteiger partial charge in [-0.3, -0.25) is 4.79 Å². The highest BCUT2D eigenvalue weighted by Gasteiger charge is 2.26. The molecule has 1 fully saturated rings. The van der Waals surface area contributed by atoms with Crippen molar-refractivity contribution < 1.29 is 4.79 Å². The van der Waals surface area contributed by atoms with Crippen LogP contribution in [-0.4, -0.2) is 29.9 Å². The molecule has 0 unspecified atom stereocenters. The molecule has 0 aromatic carbocycles. The van der Waals surface area contributed by atoms with E-state index in [1.807, 2.05) is 11.8 Å². The zero-order valence-electron chi connectivity index (χ0n) is 8.62. The minimum atomic E-state index is -0.289. The van der Waals surface area contributed by atoms with E-state index in [2.05, 4.69) is 6.92 Å². The molecular weight excluding hydrogens is 164 g/mol. The van der Waals surface area contributed by atoms with Crippen LogP contribution in [0.15, 0.2) is 0 Å². The van der Waals surface area contributed by atoms with Gasteiger partial charge < -0.3 is 10.6 Å². The Bertz CT molecular complexity index is 176. The standard InChI is InChI=1S/C10H20N2O/c1-3-8(2)9(11)10(13)12-6-4-5-7-12/h8-9H,3-7,11H2,1-2H3/t8-,9+/m0/s1. The minimum absolute atomic E-state index is 0.145. The summed E-state index contributed by atoms with van der Waals surface area (Å²) >= 11 is 0. The summed E-state index contributed by atoms with van der Waals surface area (Å²) in [6.07, 6.45) is 3.25. The zero-order chi connectivity index (χ0) is 9.84. The fourth-order valence-electron chi connectivity index (χ4n) is 1.65. The van der Waals surface area contributed by atoms with Crippen LogP contribution in [0.4, 0.5) is 0 Å². The van der Waals surface area contributed by atoms with E-state index in [0.29, 0.717) is 5.92 Å². The molecule has 3 heteroatoms. The van der Waals surface area contributed by atoms with Crippen LogP contribution in [0, 0.1) is 5.92 Å². The summed E-state index contributed by atoms with van der Waals surface area (Å²) in [6, 6.07) is -0.289. The second kappa shape index (κ2) is 4.61. The molecule has 1 aliphatic heterocycles. The molecule has 1 amide bonds. The van der Waals surface area contributed by atoms with E-state index < -0.39 is 0 Å². The van der Waals surface area contributed by atoms with Crippen molar-refractivity contribution in [3.8, 4) is 0 Å². The average Bonchev–Trinajstić information content (AvgIpc) is 2.67. The Morgan fingerprint density at radius 2 is 2.00 bits per heavy atom. The van der Waals surface area contributed by atoms with Gasteiger partial charge in [0.05, 0.1) is 6.04 Å². The number of amides is 1. The minimum Gasteiger partial charge on any atom is -0.341 e. The van der Waals surface area contributed by atoms with Crippen molar-refractivity contribution in [2.75, 3.05) is 13.1 Å². The third-order valence-corrected chi connectivity index (χ3v) is 2.96. The Balaban J connectivity index is 2.45. The maximum absolute atomic E-state index is 11.7. The molecule has 1 saturated heterocycles. The Labute approximate surface area is 80.3 Å². The van der Waals surface area contributed by atoms with Gasteiger partial charge in [0.15, 0.2) is 0 Å². The number of nitrogens with zero attached hydrogens (tertiary/aromatic N) is 1. The Morgan fingerprint density at radius 1 is 1.46 bits per heavy atom. The highest BCUT2D eigenvalue weighted by atomic mass is 16.2.